The van der Waals surface area contributed by atoms with Gasteiger partial charge in [-0.2, -0.15) is 0 Å². The fraction of sp³-hybridized carbons (Fsp3) is 0.643. The molecule has 0 amide bonds. The number of anilines is 1. The first-order valence-corrected chi connectivity index (χ1v) is 6.52. The standard InChI is InChI=1S/C14H22N2O/c1-4-13-6-5-11(3)16(13)14-10(2)7-12(9-17)8-15-14/h7-8,11,13,17H,4-6,9H2,1-3H3. The zero-order valence-corrected chi connectivity index (χ0v) is 11.0. The van der Waals surface area contributed by atoms with Crippen LogP contribution in [0, 0.1) is 6.92 Å². The van der Waals surface area contributed by atoms with Crippen LogP contribution in [0.5, 0.6) is 0 Å². The van der Waals surface area contributed by atoms with Crippen molar-refractivity contribution in [3.63, 3.8) is 0 Å². The van der Waals surface area contributed by atoms with Gasteiger partial charge in [0.25, 0.3) is 0 Å². The van der Waals surface area contributed by atoms with E-state index in [4.69, 9.17) is 5.11 Å². The van der Waals surface area contributed by atoms with Crippen molar-refractivity contribution >= 4 is 5.82 Å². The van der Waals surface area contributed by atoms with E-state index in [1.807, 2.05) is 6.07 Å². The first-order valence-electron chi connectivity index (χ1n) is 6.52. The zero-order valence-electron chi connectivity index (χ0n) is 11.0. The van der Waals surface area contributed by atoms with Gasteiger partial charge in [-0.05, 0) is 50.3 Å². The summed E-state index contributed by atoms with van der Waals surface area (Å²) in [4.78, 5) is 7.00. The van der Waals surface area contributed by atoms with E-state index in [1.54, 1.807) is 6.20 Å². The largest absolute Gasteiger partial charge is 0.392 e. The van der Waals surface area contributed by atoms with E-state index >= 15 is 0 Å². The molecule has 1 fully saturated rings. The summed E-state index contributed by atoms with van der Waals surface area (Å²) in [5, 5.41) is 9.11. The quantitative estimate of drug-likeness (QED) is 0.873. The van der Waals surface area contributed by atoms with E-state index in [-0.39, 0.29) is 6.61 Å². The number of aliphatic hydroxyl groups excluding tert-OH is 1. The number of pyridine rings is 1. The second-order valence-electron chi connectivity index (χ2n) is 5.04. The minimum absolute atomic E-state index is 0.0703. The molecule has 2 rings (SSSR count). The minimum Gasteiger partial charge on any atom is -0.392 e. The number of aliphatic hydroxyl groups is 1. The van der Waals surface area contributed by atoms with Crippen LogP contribution >= 0.6 is 0 Å². The van der Waals surface area contributed by atoms with Gasteiger partial charge in [0.1, 0.15) is 5.82 Å². The second kappa shape index (κ2) is 5.05. The number of aromatic nitrogens is 1. The molecule has 1 aromatic heterocycles. The molecule has 1 saturated heterocycles. The van der Waals surface area contributed by atoms with Crippen molar-refractivity contribution < 1.29 is 5.11 Å². The van der Waals surface area contributed by atoms with Gasteiger partial charge >= 0.3 is 0 Å². The molecule has 1 aliphatic rings. The summed E-state index contributed by atoms with van der Waals surface area (Å²) < 4.78 is 0. The Morgan fingerprint density at radius 3 is 2.82 bits per heavy atom. The van der Waals surface area contributed by atoms with Gasteiger partial charge in [0.05, 0.1) is 6.61 Å². The Balaban J connectivity index is 2.32. The molecule has 0 radical (unpaired) electrons. The zero-order chi connectivity index (χ0) is 12.4. The smallest absolute Gasteiger partial charge is 0.131 e. The van der Waals surface area contributed by atoms with Gasteiger partial charge in [0.15, 0.2) is 0 Å². The van der Waals surface area contributed by atoms with Crippen molar-refractivity contribution in [1.29, 1.82) is 0 Å². The Morgan fingerprint density at radius 1 is 1.47 bits per heavy atom. The van der Waals surface area contributed by atoms with E-state index in [2.05, 4.69) is 30.7 Å². The van der Waals surface area contributed by atoms with Crippen molar-refractivity contribution in [2.24, 2.45) is 0 Å². The van der Waals surface area contributed by atoms with Crippen molar-refractivity contribution in [1.82, 2.24) is 4.98 Å². The Hall–Kier alpha value is -1.09. The van der Waals surface area contributed by atoms with Crippen LogP contribution in [0.2, 0.25) is 0 Å². The van der Waals surface area contributed by atoms with Crippen LogP contribution in [0.3, 0.4) is 0 Å². The molecule has 0 spiro atoms. The van der Waals surface area contributed by atoms with E-state index in [0.717, 1.165) is 11.4 Å². The van der Waals surface area contributed by atoms with E-state index in [1.165, 1.54) is 24.8 Å². The molecule has 1 aromatic rings. The second-order valence-corrected chi connectivity index (χ2v) is 5.04. The Bertz CT molecular complexity index is 392. The van der Waals surface area contributed by atoms with Gasteiger partial charge in [0.2, 0.25) is 0 Å². The molecule has 2 atom stereocenters. The molecule has 17 heavy (non-hydrogen) atoms. The summed E-state index contributed by atoms with van der Waals surface area (Å²) in [5.41, 5.74) is 2.06. The van der Waals surface area contributed by atoms with Crippen LogP contribution in [0.15, 0.2) is 12.3 Å². The van der Waals surface area contributed by atoms with E-state index in [0.29, 0.717) is 12.1 Å². The van der Waals surface area contributed by atoms with Crippen molar-refractivity contribution in [3.8, 4) is 0 Å². The van der Waals surface area contributed by atoms with Gasteiger partial charge < -0.3 is 10.0 Å². The summed E-state index contributed by atoms with van der Waals surface area (Å²) >= 11 is 0. The minimum atomic E-state index is 0.0703. The van der Waals surface area contributed by atoms with Gasteiger partial charge in [-0.1, -0.05) is 6.92 Å². The molecule has 94 valence electrons. The molecule has 0 saturated carbocycles. The highest BCUT2D eigenvalue weighted by Crippen LogP contribution is 2.32. The van der Waals surface area contributed by atoms with Gasteiger partial charge in [-0.15, -0.1) is 0 Å². The first kappa shape index (κ1) is 12.4. The van der Waals surface area contributed by atoms with Crippen LogP contribution in [0.25, 0.3) is 0 Å². The molecule has 0 bridgehead atoms. The summed E-state index contributed by atoms with van der Waals surface area (Å²) in [7, 11) is 0. The topological polar surface area (TPSA) is 36.4 Å². The average Bonchev–Trinajstić information content (AvgIpc) is 2.70. The molecule has 3 heteroatoms. The fourth-order valence-corrected chi connectivity index (χ4v) is 2.84. The molecule has 1 aliphatic heterocycles. The van der Waals surface area contributed by atoms with Crippen molar-refractivity contribution in [3.05, 3.63) is 23.4 Å². The predicted molar refractivity (Wildman–Crippen MR) is 70.2 cm³/mol. The van der Waals surface area contributed by atoms with Crippen LogP contribution < -0.4 is 4.90 Å². The lowest BCUT2D eigenvalue weighted by molar-refractivity contribution is 0.281. The molecular formula is C14H22N2O. The highest BCUT2D eigenvalue weighted by atomic mass is 16.3. The molecular weight excluding hydrogens is 212 g/mol. The summed E-state index contributed by atoms with van der Waals surface area (Å²) in [5.74, 6) is 1.10. The molecule has 2 unspecified atom stereocenters. The average molecular weight is 234 g/mol. The van der Waals surface area contributed by atoms with Crippen molar-refractivity contribution in [2.75, 3.05) is 4.90 Å². The lowest BCUT2D eigenvalue weighted by Gasteiger charge is -2.30. The molecule has 0 aliphatic carbocycles. The summed E-state index contributed by atoms with van der Waals surface area (Å²) in [6.07, 6.45) is 5.48. The molecule has 0 aromatic carbocycles. The van der Waals surface area contributed by atoms with Gasteiger partial charge in [-0.25, -0.2) is 4.98 Å². The molecule has 3 nitrogen and oxygen atoms in total. The predicted octanol–water partition coefficient (Wildman–Crippen LogP) is 2.65. The van der Waals surface area contributed by atoms with E-state index in [9.17, 15) is 0 Å². The van der Waals surface area contributed by atoms with Gasteiger partial charge in [0, 0.05) is 18.3 Å². The molecule has 2 heterocycles. The number of rotatable bonds is 3. The number of nitrogens with zero attached hydrogens (tertiary/aromatic N) is 2. The highest BCUT2D eigenvalue weighted by molar-refractivity contribution is 5.50. The van der Waals surface area contributed by atoms with Gasteiger partial charge in [-0.3, -0.25) is 0 Å². The molecule has 1 N–H and O–H groups in total. The first-order chi connectivity index (χ1) is 8.17. The maximum Gasteiger partial charge on any atom is 0.131 e. The van der Waals surface area contributed by atoms with Crippen LogP contribution in [-0.4, -0.2) is 22.2 Å². The summed E-state index contributed by atoms with van der Waals surface area (Å²) in [6, 6.07) is 3.24. The summed E-state index contributed by atoms with van der Waals surface area (Å²) in [6.45, 7) is 6.67. The Kier molecular flexibility index (Phi) is 3.67. The van der Waals surface area contributed by atoms with Crippen LogP contribution in [0.1, 0.15) is 44.2 Å². The third kappa shape index (κ3) is 2.29. The Morgan fingerprint density at radius 2 is 2.24 bits per heavy atom. The van der Waals surface area contributed by atoms with E-state index < -0.39 is 0 Å². The number of hydrogen-bond donors (Lipinski definition) is 1. The SMILES string of the molecule is CCC1CCC(C)N1c1ncc(CO)cc1C. The normalized spacial score (nSPS) is 24.4. The van der Waals surface area contributed by atoms with Crippen LogP contribution in [-0.2, 0) is 6.61 Å². The third-order valence-corrected chi connectivity index (χ3v) is 3.79. The lowest BCUT2D eigenvalue weighted by atomic mass is 10.1. The van der Waals surface area contributed by atoms with Crippen molar-refractivity contribution in [2.45, 2.75) is 58.7 Å². The van der Waals surface area contributed by atoms with Crippen LogP contribution in [0.4, 0.5) is 5.82 Å². The monoisotopic (exact) mass is 234 g/mol. The lowest BCUT2D eigenvalue weighted by Crippen LogP contribution is -2.35. The fourth-order valence-electron chi connectivity index (χ4n) is 2.84. The number of aryl methyl sites for hydroxylation is 1. The Labute approximate surface area is 103 Å². The highest BCUT2D eigenvalue weighted by Gasteiger charge is 2.30. The number of hydrogen-bond acceptors (Lipinski definition) is 3. The maximum atomic E-state index is 9.11. The third-order valence-electron chi connectivity index (χ3n) is 3.79. The maximum absolute atomic E-state index is 9.11.